The molecule has 6 heteroatoms. The highest BCUT2D eigenvalue weighted by atomic mass is 35.5. The average Bonchev–Trinajstić information content (AvgIpc) is 2.45. The number of halogens is 4. The van der Waals surface area contributed by atoms with E-state index < -0.39 is 23.5 Å². The zero-order valence-corrected chi connectivity index (χ0v) is 11.8. The summed E-state index contributed by atoms with van der Waals surface area (Å²) in [5.41, 5.74) is 2.95. The van der Waals surface area contributed by atoms with Crippen molar-refractivity contribution in [3.05, 3.63) is 70.0 Å². The number of rotatable bonds is 5. The van der Waals surface area contributed by atoms with E-state index >= 15 is 0 Å². The number of hydrogen-bond donors (Lipinski definition) is 2. The van der Waals surface area contributed by atoms with Crippen molar-refractivity contribution in [1.29, 1.82) is 0 Å². The molecule has 0 aliphatic rings. The van der Waals surface area contributed by atoms with Crippen molar-refractivity contribution < 1.29 is 13.2 Å². The van der Waals surface area contributed by atoms with E-state index in [1.807, 2.05) is 0 Å². The molecule has 0 aliphatic carbocycles. The Morgan fingerprint density at radius 1 is 1.05 bits per heavy atom. The molecule has 0 spiro atoms. The Bertz CT molecular complexity index is 614. The summed E-state index contributed by atoms with van der Waals surface area (Å²) in [5, 5.41) is 0.380. The molecule has 2 aromatic rings. The van der Waals surface area contributed by atoms with Crippen LogP contribution < -0.4 is 11.3 Å². The Kier molecular flexibility index (Phi) is 5.22. The first-order valence-corrected chi connectivity index (χ1v) is 6.72. The van der Waals surface area contributed by atoms with Crippen LogP contribution in [0.5, 0.6) is 0 Å². The van der Waals surface area contributed by atoms with Gasteiger partial charge in [0.15, 0.2) is 0 Å². The molecular formula is C15H14ClF3N2. The van der Waals surface area contributed by atoms with Crippen LogP contribution in [0, 0.1) is 17.5 Å². The zero-order valence-electron chi connectivity index (χ0n) is 11.0. The van der Waals surface area contributed by atoms with Crippen LogP contribution in [-0.4, -0.2) is 6.04 Å². The largest absolute Gasteiger partial charge is 0.271 e. The van der Waals surface area contributed by atoms with Crippen LogP contribution in [0.4, 0.5) is 13.2 Å². The molecule has 0 heterocycles. The highest BCUT2D eigenvalue weighted by Crippen LogP contribution is 2.21. The lowest BCUT2D eigenvalue weighted by molar-refractivity contribution is 0.483. The molecule has 2 rings (SSSR count). The summed E-state index contributed by atoms with van der Waals surface area (Å²) in [4.78, 5) is 0. The summed E-state index contributed by atoms with van der Waals surface area (Å²) in [7, 11) is 0. The Balaban J connectivity index is 2.19. The predicted octanol–water partition coefficient (Wildman–Crippen LogP) is 3.37. The van der Waals surface area contributed by atoms with Gasteiger partial charge in [-0.25, -0.2) is 13.2 Å². The molecule has 1 unspecified atom stereocenters. The summed E-state index contributed by atoms with van der Waals surface area (Å²) < 4.78 is 40.5. The van der Waals surface area contributed by atoms with Crippen molar-refractivity contribution in [1.82, 2.24) is 5.43 Å². The van der Waals surface area contributed by atoms with Crippen LogP contribution in [0.15, 0.2) is 36.4 Å². The summed E-state index contributed by atoms with van der Waals surface area (Å²) in [5.74, 6) is 3.72. The number of hydrogen-bond acceptors (Lipinski definition) is 2. The molecule has 0 aliphatic heterocycles. The van der Waals surface area contributed by atoms with Gasteiger partial charge in [0.2, 0.25) is 0 Å². The molecule has 0 bridgehead atoms. The summed E-state index contributed by atoms with van der Waals surface area (Å²) in [6.45, 7) is 0. The molecule has 0 aromatic heterocycles. The Morgan fingerprint density at radius 3 is 2.33 bits per heavy atom. The standard InChI is InChI=1S/C15H14ClF3N2/c16-13-5-4-10(17)6-9(13)7-11(21-20)8-12-14(18)2-1-3-15(12)19/h1-6,11,21H,7-8,20H2. The minimum absolute atomic E-state index is 0.0296. The van der Waals surface area contributed by atoms with Crippen LogP contribution in [0.3, 0.4) is 0 Å². The second-order valence-electron chi connectivity index (χ2n) is 4.71. The maximum atomic E-state index is 13.6. The van der Waals surface area contributed by atoms with Crippen molar-refractivity contribution in [3.63, 3.8) is 0 Å². The van der Waals surface area contributed by atoms with Crippen molar-refractivity contribution in [2.45, 2.75) is 18.9 Å². The van der Waals surface area contributed by atoms with Crippen molar-refractivity contribution in [2.75, 3.05) is 0 Å². The summed E-state index contributed by atoms with van der Waals surface area (Å²) in [6, 6.07) is 7.14. The first kappa shape index (κ1) is 15.8. The van der Waals surface area contributed by atoms with Crippen molar-refractivity contribution >= 4 is 11.6 Å². The fourth-order valence-electron chi connectivity index (χ4n) is 2.13. The van der Waals surface area contributed by atoms with Gasteiger partial charge in [-0.15, -0.1) is 0 Å². The monoisotopic (exact) mass is 314 g/mol. The van der Waals surface area contributed by atoms with Gasteiger partial charge in [-0.3, -0.25) is 11.3 Å². The lowest BCUT2D eigenvalue weighted by Crippen LogP contribution is -2.39. The summed E-state index contributed by atoms with van der Waals surface area (Å²) in [6.07, 6.45) is 0.280. The van der Waals surface area contributed by atoms with E-state index in [0.717, 1.165) is 0 Å². The van der Waals surface area contributed by atoms with E-state index in [4.69, 9.17) is 17.4 Å². The second-order valence-corrected chi connectivity index (χ2v) is 5.11. The number of nitrogens with two attached hydrogens (primary N) is 1. The molecule has 0 radical (unpaired) electrons. The third kappa shape index (κ3) is 3.97. The van der Waals surface area contributed by atoms with Gasteiger partial charge in [0.05, 0.1) is 0 Å². The van der Waals surface area contributed by atoms with E-state index in [2.05, 4.69) is 5.43 Å². The predicted molar refractivity (Wildman–Crippen MR) is 76.3 cm³/mol. The van der Waals surface area contributed by atoms with E-state index in [-0.39, 0.29) is 18.4 Å². The third-order valence-electron chi connectivity index (χ3n) is 3.22. The van der Waals surface area contributed by atoms with E-state index in [0.29, 0.717) is 10.6 Å². The van der Waals surface area contributed by atoms with Gasteiger partial charge in [-0.2, -0.15) is 0 Å². The van der Waals surface area contributed by atoms with Gasteiger partial charge in [-0.05, 0) is 48.7 Å². The number of nitrogens with one attached hydrogen (secondary N) is 1. The molecular weight excluding hydrogens is 301 g/mol. The minimum Gasteiger partial charge on any atom is -0.271 e. The maximum Gasteiger partial charge on any atom is 0.129 e. The molecule has 1 atom stereocenters. The van der Waals surface area contributed by atoms with E-state index in [1.165, 1.54) is 36.4 Å². The smallest absolute Gasteiger partial charge is 0.129 e. The second kappa shape index (κ2) is 6.93. The molecule has 2 aromatic carbocycles. The normalized spacial score (nSPS) is 12.4. The number of hydrazine groups is 1. The van der Waals surface area contributed by atoms with Crippen molar-refractivity contribution in [2.24, 2.45) is 5.84 Å². The molecule has 0 saturated heterocycles. The topological polar surface area (TPSA) is 38.0 Å². The highest BCUT2D eigenvalue weighted by Gasteiger charge is 2.16. The third-order valence-corrected chi connectivity index (χ3v) is 3.59. The molecule has 0 saturated carbocycles. The molecule has 112 valence electrons. The van der Waals surface area contributed by atoms with Crippen LogP contribution in [0.1, 0.15) is 11.1 Å². The highest BCUT2D eigenvalue weighted by molar-refractivity contribution is 6.31. The lowest BCUT2D eigenvalue weighted by atomic mass is 9.98. The lowest BCUT2D eigenvalue weighted by Gasteiger charge is -2.17. The van der Waals surface area contributed by atoms with Gasteiger partial charge >= 0.3 is 0 Å². The van der Waals surface area contributed by atoms with Gasteiger partial charge < -0.3 is 0 Å². The molecule has 0 amide bonds. The van der Waals surface area contributed by atoms with Gasteiger partial charge in [0.25, 0.3) is 0 Å². The number of benzene rings is 2. The fraction of sp³-hybridized carbons (Fsp3) is 0.200. The Labute approximate surface area is 125 Å². The zero-order chi connectivity index (χ0) is 15.4. The first-order chi connectivity index (χ1) is 10.0. The van der Waals surface area contributed by atoms with Gasteiger partial charge in [0, 0.05) is 16.6 Å². The van der Waals surface area contributed by atoms with Gasteiger partial charge in [0.1, 0.15) is 17.5 Å². The summed E-state index contributed by atoms with van der Waals surface area (Å²) >= 11 is 5.98. The Morgan fingerprint density at radius 2 is 1.71 bits per heavy atom. The minimum atomic E-state index is -0.638. The van der Waals surface area contributed by atoms with Crippen molar-refractivity contribution in [3.8, 4) is 0 Å². The molecule has 3 N–H and O–H groups in total. The Hall–Kier alpha value is -1.56. The van der Waals surface area contributed by atoms with Crippen LogP contribution in [0.2, 0.25) is 5.02 Å². The quantitative estimate of drug-likeness (QED) is 0.656. The first-order valence-electron chi connectivity index (χ1n) is 6.34. The van der Waals surface area contributed by atoms with Gasteiger partial charge in [-0.1, -0.05) is 17.7 Å². The van der Waals surface area contributed by atoms with Crippen LogP contribution in [0.25, 0.3) is 0 Å². The fourth-order valence-corrected chi connectivity index (χ4v) is 2.32. The van der Waals surface area contributed by atoms with E-state index in [1.54, 1.807) is 0 Å². The van der Waals surface area contributed by atoms with E-state index in [9.17, 15) is 13.2 Å². The van der Waals surface area contributed by atoms with Crippen LogP contribution >= 0.6 is 11.6 Å². The average molecular weight is 315 g/mol. The molecule has 21 heavy (non-hydrogen) atoms. The molecule has 2 nitrogen and oxygen atoms in total. The SMILES string of the molecule is NNC(Cc1cc(F)ccc1Cl)Cc1c(F)cccc1F. The molecule has 0 fully saturated rings. The maximum absolute atomic E-state index is 13.6. The van der Waals surface area contributed by atoms with Crippen LogP contribution in [-0.2, 0) is 12.8 Å².